The Morgan fingerprint density at radius 1 is 1.25 bits per heavy atom. The van der Waals surface area contributed by atoms with Crippen LogP contribution in [0.2, 0.25) is 10.0 Å². The fraction of sp³-hybridized carbons (Fsp3) is 0.500. The Balaban J connectivity index is 1.63. The van der Waals surface area contributed by atoms with Crippen molar-refractivity contribution in [1.82, 2.24) is 20.4 Å². The highest BCUT2D eigenvalue weighted by Gasteiger charge is 2.26. The van der Waals surface area contributed by atoms with Gasteiger partial charge in [-0.15, -0.1) is 0 Å². The van der Waals surface area contributed by atoms with E-state index >= 15 is 0 Å². The maximum atomic E-state index is 12.9. The van der Waals surface area contributed by atoms with E-state index in [0.29, 0.717) is 46.4 Å². The molecule has 32 heavy (non-hydrogen) atoms. The fourth-order valence-electron chi connectivity index (χ4n) is 3.65. The molecule has 0 spiro atoms. The number of rotatable bonds is 6. The molecule has 0 fully saturated rings. The lowest BCUT2D eigenvalue weighted by molar-refractivity contribution is 0.0516. The average Bonchev–Trinajstić information content (AvgIpc) is 3.12. The molecule has 3 rings (SSSR count). The number of fused-ring (bicyclic) bond motifs is 1. The molecule has 8 nitrogen and oxygen atoms in total. The number of methoxy groups -OCH3 is 1. The van der Waals surface area contributed by atoms with Gasteiger partial charge in [-0.3, -0.25) is 9.48 Å². The number of carbonyl (C=O) groups is 2. The third kappa shape index (κ3) is 6.07. The Morgan fingerprint density at radius 3 is 2.69 bits per heavy atom. The molecule has 1 aromatic carbocycles. The van der Waals surface area contributed by atoms with Gasteiger partial charge >= 0.3 is 6.09 Å². The van der Waals surface area contributed by atoms with Gasteiger partial charge in [0.15, 0.2) is 0 Å². The summed E-state index contributed by atoms with van der Waals surface area (Å²) in [6.07, 6.45) is 2.62. The van der Waals surface area contributed by atoms with Crippen LogP contribution < -0.4 is 15.4 Å². The van der Waals surface area contributed by atoms with Crippen molar-refractivity contribution in [3.63, 3.8) is 0 Å². The lowest BCUT2D eigenvalue weighted by atomic mass is 9.94. The summed E-state index contributed by atoms with van der Waals surface area (Å²) in [7, 11) is 1.51. The lowest BCUT2D eigenvalue weighted by Crippen LogP contribution is -2.37. The van der Waals surface area contributed by atoms with E-state index in [1.54, 1.807) is 18.3 Å². The van der Waals surface area contributed by atoms with Crippen molar-refractivity contribution >= 4 is 35.2 Å². The van der Waals surface area contributed by atoms with Gasteiger partial charge in [0, 0.05) is 30.2 Å². The third-order valence-corrected chi connectivity index (χ3v) is 5.59. The smallest absolute Gasteiger partial charge is 0.407 e. The molecule has 2 amide bonds. The molecule has 2 aromatic rings. The van der Waals surface area contributed by atoms with Crippen LogP contribution in [0.25, 0.3) is 0 Å². The first-order valence-electron chi connectivity index (χ1n) is 10.4. The Labute approximate surface area is 197 Å². The molecule has 2 N–H and O–H groups in total. The maximum Gasteiger partial charge on any atom is 0.407 e. The van der Waals surface area contributed by atoms with Gasteiger partial charge in [-0.05, 0) is 51.7 Å². The predicted octanol–water partition coefficient (Wildman–Crippen LogP) is 4.22. The second kappa shape index (κ2) is 10.0. The van der Waals surface area contributed by atoms with Crippen LogP contribution in [-0.2, 0) is 24.2 Å². The molecule has 1 atom stereocenters. The Bertz CT molecular complexity index is 1000. The molecule has 0 radical (unpaired) electrons. The van der Waals surface area contributed by atoms with E-state index < -0.39 is 11.7 Å². The van der Waals surface area contributed by atoms with Crippen molar-refractivity contribution < 1.29 is 19.1 Å². The monoisotopic (exact) mass is 482 g/mol. The van der Waals surface area contributed by atoms with E-state index in [1.165, 1.54) is 7.11 Å². The van der Waals surface area contributed by atoms with Gasteiger partial charge < -0.3 is 20.1 Å². The van der Waals surface area contributed by atoms with Crippen LogP contribution in [0.5, 0.6) is 5.75 Å². The van der Waals surface area contributed by atoms with E-state index in [9.17, 15) is 9.59 Å². The number of nitrogens with one attached hydrogen (secondary N) is 2. The van der Waals surface area contributed by atoms with E-state index in [4.69, 9.17) is 32.7 Å². The summed E-state index contributed by atoms with van der Waals surface area (Å²) in [6, 6.07) is 3.30. The Hall–Kier alpha value is -2.45. The summed E-state index contributed by atoms with van der Waals surface area (Å²) >= 11 is 12.3. The number of aromatic nitrogens is 2. The molecule has 0 bridgehead atoms. The van der Waals surface area contributed by atoms with Crippen LogP contribution in [0.4, 0.5) is 4.79 Å². The molecule has 0 saturated carbocycles. The van der Waals surface area contributed by atoms with E-state index in [0.717, 1.165) is 12.1 Å². The molecule has 0 saturated heterocycles. The van der Waals surface area contributed by atoms with E-state index in [-0.39, 0.29) is 18.4 Å². The largest absolute Gasteiger partial charge is 0.495 e. The topological polar surface area (TPSA) is 94.5 Å². The van der Waals surface area contributed by atoms with Crippen LogP contribution in [0.15, 0.2) is 18.3 Å². The van der Waals surface area contributed by atoms with Crippen molar-refractivity contribution in [3.8, 4) is 5.75 Å². The zero-order valence-corrected chi connectivity index (χ0v) is 20.1. The number of aryl methyl sites for hydroxylation is 1. The summed E-state index contributed by atoms with van der Waals surface area (Å²) in [5.74, 6) is 0.414. The summed E-state index contributed by atoms with van der Waals surface area (Å²) in [5, 5.41) is 10.9. The number of amides is 2. The standard InChI is InChI=1S/C22H28Cl2N4O4/c1-22(2,3)32-21(30)26-10-13-5-6-28-18(7-13)16(12-27-28)20(29)25-11-14-8-15(23)9-17(24)19(14)31-4/h8-9,12-13H,5-7,10-11H2,1-4H3,(H,25,29)(H,26,30). The quantitative estimate of drug-likeness (QED) is 0.642. The molecule has 1 aromatic heterocycles. The van der Waals surface area contributed by atoms with Crippen LogP contribution in [-0.4, -0.2) is 41.0 Å². The van der Waals surface area contributed by atoms with Crippen LogP contribution in [0.3, 0.4) is 0 Å². The highest BCUT2D eigenvalue weighted by Crippen LogP contribution is 2.32. The van der Waals surface area contributed by atoms with Crippen molar-refractivity contribution in [2.24, 2.45) is 5.92 Å². The highest BCUT2D eigenvalue weighted by molar-refractivity contribution is 6.35. The van der Waals surface area contributed by atoms with Crippen LogP contribution in [0.1, 0.15) is 48.8 Å². The summed E-state index contributed by atoms with van der Waals surface area (Å²) in [5.41, 5.74) is 1.50. The van der Waals surface area contributed by atoms with Crippen molar-refractivity contribution in [2.45, 2.75) is 52.3 Å². The second-order valence-electron chi connectivity index (χ2n) is 8.73. The molecular formula is C22H28Cl2N4O4. The van der Waals surface area contributed by atoms with Crippen molar-refractivity contribution in [2.75, 3.05) is 13.7 Å². The highest BCUT2D eigenvalue weighted by atomic mass is 35.5. The lowest BCUT2D eigenvalue weighted by Gasteiger charge is -2.25. The Morgan fingerprint density at radius 2 is 2.00 bits per heavy atom. The van der Waals surface area contributed by atoms with Gasteiger partial charge in [-0.1, -0.05) is 23.2 Å². The minimum atomic E-state index is -0.545. The van der Waals surface area contributed by atoms with Gasteiger partial charge in [-0.2, -0.15) is 5.10 Å². The molecule has 10 heteroatoms. The molecule has 174 valence electrons. The first kappa shape index (κ1) is 24.2. The summed E-state index contributed by atoms with van der Waals surface area (Å²) < 4.78 is 12.5. The number of nitrogens with zero attached hydrogens (tertiary/aromatic N) is 2. The minimum absolute atomic E-state index is 0.185. The molecule has 1 aliphatic heterocycles. The van der Waals surface area contributed by atoms with Gasteiger partial charge in [0.1, 0.15) is 11.4 Å². The molecule has 1 unspecified atom stereocenters. The number of carbonyl (C=O) groups excluding carboxylic acids is 2. The molecule has 2 heterocycles. The number of halogens is 2. The number of benzene rings is 1. The van der Waals surface area contributed by atoms with Crippen molar-refractivity contribution in [1.29, 1.82) is 0 Å². The third-order valence-electron chi connectivity index (χ3n) is 5.09. The maximum absolute atomic E-state index is 12.9. The average molecular weight is 483 g/mol. The SMILES string of the molecule is COc1c(Cl)cc(Cl)cc1CNC(=O)c1cnn2c1CC(CNC(=O)OC(C)(C)C)CC2. The zero-order chi connectivity index (χ0) is 23.5. The van der Waals surface area contributed by atoms with Gasteiger partial charge in [0.05, 0.1) is 29.6 Å². The number of alkyl carbamates (subject to hydrolysis) is 1. The van der Waals surface area contributed by atoms with E-state index in [1.807, 2.05) is 25.5 Å². The summed E-state index contributed by atoms with van der Waals surface area (Å²) in [6.45, 7) is 6.83. The molecule has 0 aliphatic carbocycles. The normalized spacial score (nSPS) is 15.6. The first-order valence-corrected chi connectivity index (χ1v) is 11.1. The number of hydrogen-bond donors (Lipinski definition) is 2. The fourth-order valence-corrected chi connectivity index (χ4v) is 4.26. The molecule has 1 aliphatic rings. The number of hydrogen-bond acceptors (Lipinski definition) is 5. The van der Waals surface area contributed by atoms with Crippen LogP contribution in [0, 0.1) is 5.92 Å². The van der Waals surface area contributed by atoms with Gasteiger partial charge in [0.25, 0.3) is 5.91 Å². The first-order chi connectivity index (χ1) is 15.1. The van der Waals surface area contributed by atoms with Gasteiger partial charge in [-0.25, -0.2) is 4.79 Å². The minimum Gasteiger partial charge on any atom is -0.495 e. The second-order valence-corrected chi connectivity index (χ2v) is 9.58. The van der Waals surface area contributed by atoms with Crippen molar-refractivity contribution in [3.05, 3.63) is 45.2 Å². The van der Waals surface area contributed by atoms with Crippen LogP contribution >= 0.6 is 23.2 Å². The predicted molar refractivity (Wildman–Crippen MR) is 122 cm³/mol. The summed E-state index contributed by atoms with van der Waals surface area (Å²) in [4.78, 5) is 24.8. The zero-order valence-electron chi connectivity index (χ0n) is 18.6. The number of ether oxygens (including phenoxy) is 2. The van der Waals surface area contributed by atoms with Gasteiger partial charge in [0.2, 0.25) is 0 Å². The Kier molecular flexibility index (Phi) is 7.56. The molecular weight excluding hydrogens is 455 g/mol. The van der Waals surface area contributed by atoms with E-state index in [2.05, 4.69) is 15.7 Å².